The van der Waals surface area contributed by atoms with E-state index in [1.165, 1.54) is 0 Å². The lowest BCUT2D eigenvalue weighted by Gasteiger charge is -2.33. The number of rotatable bonds is 7. The number of carbonyl (C=O) groups is 2. The fraction of sp³-hybridized carbons (Fsp3) is 0.667. The fourth-order valence-corrected chi connectivity index (χ4v) is 4.93. The van der Waals surface area contributed by atoms with Crippen LogP contribution in [-0.4, -0.2) is 83.0 Å². The molecule has 0 spiro atoms. The summed E-state index contributed by atoms with van der Waals surface area (Å²) in [4.78, 5) is 29.4. The van der Waals surface area contributed by atoms with Crippen LogP contribution >= 0.6 is 0 Å². The Bertz CT molecular complexity index is 1030. The molecule has 2 aliphatic heterocycles. The van der Waals surface area contributed by atoms with Crippen molar-refractivity contribution in [2.75, 3.05) is 45.9 Å². The Morgan fingerprint density at radius 3 is 2.51 bits per heavy atom. The zero-order valence-electron chi connectivity index (χ0n) is 21.7. The number of carbonyl (C=O) groups excluding carboxylic acids is 2. The van der Waals surface area contributed by atoms with E-state index in [9.17, 15) is 9.59 Å². The van der Waals surface area contributed by atoms with Crippen molar-refractivity contribution >= 4 is 22.8 Å². The van der Waals surface area contributed by atoms with Gasteiger partial charge in [0.1, 0.15) is 5.60 Å². The molecule has 0 N–H and O–H groups in total. The van der Waals surface area contributed by atoms with Crippen LogP contribution in [0.15, 0.2) is 18.3 Å². The molecule has 35 heavy (non-hydrogen) atoms. The fourth-order valence-electron chi connectivity index (χ4n) is 4.93. The molecule has 3 heterocycles. The molecule has 0 atom stereocenters. The van der Waals surface area contributed by atoms with Gasteiger partial charge in [0.2, 0.25) is 0 Å². The molecule has 0 bridgehead atoms. The quantitative estimate of drug-likeness (QED) is 0.546. The van der Waals surface area contributed by atoms with Crippen LogP contribution in [0.5, 0.6) is 0 Å². The zero-order valence-corrected chi connectivity index (χ0v) is 21.7. The van der Waals surface area contributed by atoms with Gasteiger partial charge in [0.15, 0.2) is 5.78 Å². The smallest absolute Gasteiger partial charge is 0.410 e. The molecule has 192 valence electrons. The average Bonchev–Trinajstić information content (AvgIpc) is 3.19. The van der Waals surface area contributed by atoms with Gasteiger partial charge in [0.25, 0.3) is 0 Å². The third kappa shape index (κ3) is 7.04. The lowest BCUT2D eigenvalue weighted by atomic mass is 9.97. The second-order valence-electron chi connectivity index (χ2n) is 11.0. The monoisotopic (exact) mass is 484 g/mol. The van der Waals surface area contributed by atoms with E-state index >= 15 is 0 Å². The van der Waals surface area contributed by atoms with Crippen molar-refractivity contribution < 1.29 is 19.1 Å². The van der Waals surface area contributed by atoms with Crippen molar-refractivity contribution in [2.45, 2.75) is 65.5 Å². The first-order valence-corrected chi connectivity index (χ1v) is 13.0. The van der Waals surface area contributed by atoms with Crippen molar-refractivity contribution in [3.8, 4) is 0 Å². The van der Waals surface area contributed by atoms with Gasteiger partial charge in [-0.2, -0.15) is 5.10 Å². The van der Waals surface area contributed by atoms with E-state index < -0.39 is 5.60 Å². The van der Waals surface area contributed by atoms with Crippen LogP contribution in [0.25, 0.3) is 10.9 Å². The zero-order chi connectivity index (χ0) is 25.0. The molecule has 0 unspecified atom stereocenters. The second kappa shape index (κ2) is 11.1. The van der Waals surface area contributed by atoms with Crippen molar-refractivity contribution in [1.29, 1.82) is 0 Å². The summed E-state index contributed by atoms with van der Waals surface area (Å²) in [5.74, 6) is 0.672. The standard InChI is InChI=1S/C27H40N4O4/c1-20-16-24-22(17-23(20)25(32)6-5-9-29-12-14-34-15-13-29)19-31(28-24)18-21-7-10-30(11-8-21)26(33)35-27(2,3)4/h16-17,19,21H,5-15,18H2,1-4H3. The summed E-state index contributed by atoms with van der Waals surface area (Å²) in [7, 11) is 0. The molecule has 0 aliphatic carbocycles. The normalized spacial score (nSPS) is 18.2. The molecule has 1 aromatic heterocycles. The maximum absolute atomic E-state index is 12.9. The molecule has 2 saturated heterocycles. The minimum atomic E-state index is -0.468. The highest BCUT2D eigenvalue weighted by Gasteiger charge is 2.27. The molecular weight excluding hydrogens is 444 g/mol. The summed E-state index contributed by atoms with van der Waals surface area (Å²) in [6.45, 7) is 14.4. The van der Waals surface area contributed by atoms with Crippen molar-refractivity contribution in [1.82, 2.24) is 19.6 Å². The molecule has 8 heteroatoms. The topological polar surface area (TPSA) is 76.9 Å². The number of amides is 1. The predicted molar refractivity (Wildman–Crippen MR) is 136 cm³/mol. The van der Waals surface area contributed by atoms with Gasteiger partial charge in [0, 0.05) is 56.3 Å². The maximum atomic E-state index is 12.9. The lowest BCUT2D eigenvalue weighted by Crippen LogP contribution is -2.42. The number of fused-ring (bicyclic) bond motifs is 1. The van der Waals surface area contributed by atoms with Crippen LogP contribution in [0.3, 0.4) is 0 Å². The maximum Gasteiger partial charge on any atom is 0.410 e. The molecule has 2 aliphatic rings. The molecule has 8 nitrogen and oxygen atoms in total. The number of hydrogen-bond acceptors (Lipinski definition) is 6. The molecule has 0 radical (unpaired) electrons. The molecule has 0 saturated carbocycles. The molecular formula is C27H40N4O4. The van der Waals surface area contributed by atoms with E-state index in [1.807, 2.05) is 49.4 Å². The Morgan fingerprint density at radius 1 is 1.11 bits per heavy atom. The number of Topliss-reactive ketones (excluding diaryl/α,β-unsaturated/α-hetero) is 1. The summed E-state index contributed by atoms with van der Waals surface area (Å²) >= 11 is 0. The van der Waals surface area contributed by atoms with Crippen molar-refractivity contribution in [3.63, 3.8) is 0 Å². The second-order valence-corrected chi connectivity index (χ2v) is 11.0. The number of aromatic nitrogens is 2. The van der Waals surface area contributed by atoms with Crippen LogP contribution in [0.1, 0.15) is 62.4 Å². The largest absolute Gasteiger partial charge is 0.444 e. The average molecular weight is 485 g/mol. The Balaban J connectivity index is 1.31. The number of nitrogens with zero attached hydrogens (tertiary/aromatic N) is 4. The SMILES string of the molecule is Cc1cc2nn(CC3CCN(C(=O)OC(C)(C)C)CC3)cc2cc1C(=O)CCCN1CCOCC1. The number of ketones is 1. The predicted octanol–water partition coefficient (Wildman–Crippen LogP) is 4.29. The number of morpholine rings is 1. The highest BCUT2D eigenvalue weighted by molar-refractivity contribution is 6.00. The van der Waals surface area contributed by atoms with E-state index in [0.29, 0.717) is 25.4 Å². The van der Waals surface area contributed by atoms with E-state index in [0.717, 1.165) is 80.7 Å². The van der Waals surface area contributed by atoms with E-state index in [-0.39, 0.29) is 11.9 Å². The van der Waals surface area contributed by atoms with Crippen LogP contribution < -0.4 is 0 Å². The van der Waals surface area contributed by atoms with Gasteiger partial charge in [-0.3, -0.25) is 14.4 Å². The molecule has 1 amide bonds. The number of hydrogen-bond donors (Lipinski definition) is 0. The minimum Gasteiger partial charge on any atom is -0.444 e. The summed E-state index contributed by atoms with van der Waals surface area (Å²) in [5, 5.41) is 5.79. The third-order valence-corrected chi connectivity index (χ3v) is 6.89. The van der Waals surface area contributed by atoms with Gasteiger partial charge >= 0.3 is 6.09 Å². The highest BCUT2D eigenvalue weighted by atomic mass is 16.6. The van der Waals surface area contributed by atoms with Crippen LogP contribution in [0.2, 0.25) is 0 Å². The van der Waals surface area contributed by atoms with E-state index in [4.69, 9.17) is 14.6 Å². The minimum absolute atomic E-state index is 0.208. The molecule has 1 aromatic carbocycles. The summed E-state index contributed by atoms with van der Waals surface area (Å²) in [6, 6.07) is 4.04. The van der Waals surface area contributed by atoms with Crippen LogP contribution in [-0.2, 0) is 16.0 Å². The number of ether oxygens (including phenoxy) is 2. The third-order valence-electron chi connectivity index (χ3n) is 6.89. The number of benzene rings is 1. The van der Waals surface area contributed by atoms with Crippen molar-refractivity contribution in [3.05, 3.63) is 29.5 Å². The summed E-state index contributed by atoms with van der Waals surface area (Å²) in [6.07, 6.45) is 5.13. The van der Waals surface area contributed by atoms with E-state index in [2.05, 4.69) is 11.1 Å². The first-order chi connectivity index (χ1) is 16.7. The van der Waals surface area contributed by atoms with Gasteiger partial charge < -0.3 is 14.4 Å². The van der Waals surface area contributed by atoms with Crippen molar-refractivity contribution in [2.24, 2.45) is 5.92 Å². The first kappa shape index (κ1) is 25.6. The van der Waals surface area contributed by atoms with Gasteiger partial charge in [-0.1, -0.05) is 0 Å². The van der Waals surface area contributed by atoms with Crippen LogP contribution in [0.4, 0.5) is 4.79 Å². The van der Waals surface area contributed by atoms with Gasteiger partial charge in [-0.15, -0.1) is 0 Å². The number of aryl methyl sites for hydroxylation is 1. The van der Waals surface area contributed by atoms with E-state index in [1.54, 1.807) is 0 Å². The summed E-state index contributed by atoms with van der Waals surface area (Å²) in [5.41, 5.74) is 2.26. The Morgan fingerprint density at radius 2 is 1.83 bits per heavy atom. The summed E-state index contributed by atoms with van der Waals surface area (Å²) < 4.78 is 12.9. The first-order valence-electron chi connectivity index (χ1n) is 13.0. The lowest BCUT2D eigenvalue weighted by molar-refractivity contribution is 0.0177. The van der Waals surface area contributed by atoms with Gasteiger partial charge in [0.05, 0.1) is 18.7 Å². The van der Waals surface area contributed by atoms with Gasteiger partial charge in [-0.25, -0.2) is 4.79 Å². The molecule has 2 fully saturated rings. The Labute approximate surface area is 208 Å². The van der Waals surface area contributed by atoms with Gasteiger partial charge in [-0.05, 0) is 77.1 Å². The number of piperidine rings is 1. The Kier molecular flexibility index (Phi) is 8.12. The highest BCUT2D eigenvalue weighted by Crippen LogP contribution is 2.24. The Hall–Kier alpha value is -2.45. The molecule has 4 rings (SSSR count). The van der Waals surface area contributed by atoms with Crippen LogP contribution in [0, 0.1) is 12.8 Å². The molecule has 2 aromatic rings. The number of likely N-dealkylation sites (tertiary alicyclic amines) is 1.